The van der Waals surface area contributed by atoms with Gasteiger partial charge in [-0.2, -0.15) is 0 Å². The number of benzene rings is 1. The standard InChI is InChI=1S/C18H18FN3O2/c1-12(2)15-5-4-13(10-16(15)19)24-14-6-8-20-17(11-14)22-9-7-18(21-22)23-3/h4-12H,1-3H3. The molecule has 0 aliphatic heterocycles. The van der Waals surface area contributed by atoms with Gasteiger partial charge in [0, 0.05) is 30.6 Å². The summed E-state index contributed by atoms with van der Waals surface area (Å²) in [7, 11) is 1.55. The molecule has 0 radical (unpaired) electrons. The average Bonchev–Trinajstić information content (AvgIpc) is 3.04. The van der Waals surface area contributed by atoms with Crippen LogP contribution in [0.1, 0.15) is 25.3 Å². The van der Waals surface area contributed by atoms with Gasteiger partial charge >= 0.3 is 0 Å². The lowest BCUT2D eigenvalue weighted by Crippen LogP contribution is -1.99. The van der Waals surface area contributed by atoms with E-state index in [1.54, 1.807) is 54.5 Å². The monoisotopic (exact) mass is 327 g/mol. The predicted octanol–water partition coefficient (Wildman–Crippen LogP) is 4.33. The van der Waals surface area contributed by atoms with E-state index in [2.05, 4.69) is 10.1 Å². The van der Waals surface area contributed by atoms with Crippen LogP contribution in [0.5, 0.6) is 17.4 Å². The third-order valence-electron chi connectivity index (χ3n) is 3.56. The molecule has 0 N–H and O–H groups in total. The highest BCUT2D eigenvalue weighted by Gasteiger charge is 2.09. The number of aromatic nitrogens is 3. The highest BCUT2D eigenvalue weighted by Crippen LogP contribution is 2.27. The number of hydrogen-bond donors (Lipinski definition) is 0. The van der Waals surface area contributed by atoms with Gasteiger partial charge in [0.15, 0.2) is 5.82 Å². The molecule has 2 heterocycles. The van der Waals surface area contributed by atoms with Crippen molar-refractivity contribution in [2.75, 3.05) is 7.11 Å². The third-order valence-corrected chi connectivity index (χ3v) is 3.56. The molecule has 0 bridgehead atoms. The van der Waals surface area contributed by atoms with Gasteiger partial charge in [-0.1, -0.05) is 19.9 Å². The molecule has 0 fully saturated rings. The van der Waals surface area contributed by atoms with Gasteiger partial charge in [0.25, 0.3) is 0 Å². The van der Waals surface area contributed by atoms with E-state index in [9.17, 15) is 4.39 Å². The van der Waals surface area contributed by atoms with Crippen LogP contribution in [-0.4, -0.2) is 21.9 Å². The van der Waals surface area contributed by atoms with Crippen LogP contribution in [0.2, 0.25) is 0 Å². The number of rotatable bonds is 5. The smallest absolute Gasteiger partial charge is 0.232 e. The molecule has 3 rings (SSSR count). The van der Waals surface area contributed by atoms with Gasteiger partial charge in [0.2, 0.25) is 5.88 Å². The van der Waals surface area contributed by atoms with Gasteiger partial charge < -0.3 is 9.47 Å². The summed E-state index contributed by atoms with van der Waals surface area (Å²) in [4.78, 5) is 4.24. The summed E-state index contributed by atoms with van der Waals surface area (Å²) in [5.74, 6) is 1.91. The minimum absolute atomic E-state index is 0.126. The summed E-state index contributed by atoms with van der Waals surface area (Å²) in [5.41, 5.74) is 0.668. The Morgan fingerprint density at radius 2 is 1.88 bits per heavy atom. The third kappa shape index (κ3) is 3.37. The van der Waals surface area contributed by atoms with E-state index in [1.165, 1.54) is 6.07 Å². The van der Waals surface area contributed by atoms with Crippen molar-refractivity contribution >= 4 is 0 Å². The van der Waals surface area contributed by atoms with E-state index in [0.29, 0.717) is 28.8 Å². The Hall–Kier alpha value is -2.89. The van der Waals surface area contributed by atoms with Crippen molar-refractivity contribution in [3.05, 3.63) is 60.2 Å². The minimum Gasteiger partial charge on any atom is -0.480 e. The van der Waals surface area contributed by atoms with Gasteiger partial charge in [-0.15, -0.1) is 5.10 Å². The topological polar surface area (TPSA) is 49.2 Å². The SMILES string of the molecule is COc1ccn(-c2cc(Oc3ccc(C(C)C)c(F)c3)ccn2)n1. The zero-order chi connectivity index (χ0) is 17.1. The lowest BCUT2D eigenvalue weighted by atomic mass is 10.0. The van der Waals surface area contributed by atoms with Crippen molar-refractivity contribution in [2.45, 2.75) is 19.8 Å². The maximum absolute atomic E-state index is 14.1. The summed E-state index contributed by atoms with van der Waals surface area (Å²) in [6, 6.07) is 10.1. The molecule has 0 aliphatic rings. The number of hydrogen-bond acceptors (Lipinski definition) is 4. The normalized spacial score (nSPS) is 10.9. The fourth-order valence-corrected chi connectivity index (χ4v) is 2.31. The van der Waals surface area contributed by atoms with E-state index in [4.69, 9.17) is 9.47 Å². The first kappa shape index (κ1) is 16.0. The van der Waals surface area contributed by atoms with Crippen molar-refractivity contribution in [3.8, 4) is 23.2 Å². The first-order chi connectivity index (χ1) is 11.6. The van der Waals surface area contributed by atoms with E-state index in [-0.39, 0.29) is 11.7 Å². The molecule has 24 heavy (non-hydrogen) atoms. The summed E-state index contributed by atoms with van der Waals surface area (Å²) in [6.07, 6.45) is 3.35. The summed E-state index contributed by atoms with van der Waals surface area (Å²) in [6.45, 7) is 3.90. The van der Waals surface area contributed by atoms with Crippen molar-refractivity contribution in [2.24, 2.45) is 0 Å². The van der Waals surface area contributed by atoms with Crippen LogP contribution in [0.15, 0.2) is 48.8 Å². The molecular weight excluding hydrogens is 309 g/mol. The van der Waals surface area contributed by atoms with Crippen molar-refractivity contribution in [1.82, 2.24) is 14.8 Å². The second-order valence-corrected chi connectivity index (χ2v) is 5.59. The molecule has 0 spiro atoms. The van der Waals surface area contributed by atoms with E-state index < -0.39 is 0 Å². The van der Waals surface area contributed by atoms with Gasteiger partial charge in [0.05, 0.1) is 7.11 Å². The summed E-state index contributed by atoms with van der Waals surface area (Å²) >= 11 is 0. The molecule has 0 amide bonds. The van der Waals surface area contributed by atoms with Crippen LogP contribution < -0.4 is 9.47 Å². The lowest BCUT2D eigenvalue weighted by molar-refractivity contribution is 0.394. The van der Waals surface area contributed by atoms with Crippen LogP contribution >= 0.6 is 0 Å². The minimum atomic E-state index is -0.270. The fraction of sp³-hybridized carbons (Fsp3) is 0.222. The Morgan fingerprint density at radius 3 is 2.54 bits per heavy atom. The van der Waals surface area contributed by atoms with Crippen LogP contribution in [0.3, 0.4) is 0 Å². The number of halogens is 1. The molecule has 0 aliphatic carbocycles. The lowest BCUT2D eigenvalue weighted by Gasteiger charge is -2.10. The Labute approximate surface area is 139 Å². The summed E-state index contributed by atoms with van der Waals surface area (Å²) in [5, 5.41) is 4.21. The Balaban J connectivity index is 1.83. The van der Waals surface area contributed by atoms with Crippen LogP contribution in [-0.2, 0) is 0 Å². The zero-order valence-corrected chi connectivity index (χ0v) is 13.7. The van der Waals surface area contributed by atoms with E-state index >= 15 is 0 Å². The zero-order valence-electron chi connectivity index (χ0n) is 13.7. The quantitative estimate of drug-likeness (QED) is 0.700. The van der Waals surface area contributed by atoms with Crippen LogP contribution in [0, 0.1) is 5.82 Å². The Morgan fingerprint density at radius 1 is 1.08 bits per heavy atom. The highest BCUT2D eigenvalue weighted by atomic mass is 19.1. The number of nitrogens with zero attached hydrogens (tertiary/aromatic N) is 3. The molecule has 0 unspecified atom stereocenters. The van der Waals surface area contributed by atoms with Gasteiger partial charge in [-0.05, 0) is 23.6 Å². The maximum Gasteiger partial charge on any atom is 0.232 e. The molecule has 2 aromatic heterocycles. The van der Waals surface area contributed by atoms with Gasteiger partial charge in [-0.3, -0.25) is 0 Å². The van der Waals surface area contributed by atoms with E-state index in [1.807, 2.05) is 13.8 Å². The molecule has 6 heteroatoms. The molecule has 0 atom stereocenters. The Kier molecular flexibility index (Phi) is 4.46. The van der Waals surface area contributed by atoms with Crippen LogP contribution in [0.25, 0.3) is 5.82 Å². The van der Waals surface area contributed by atoms with Gasteiger partial charge in [-0.25, -0.2) is 14.1 Å². The fourth-order valence-electron chi connectivity index (χ4n) is 2.31. The number of pyridine rings is 1. The molecular formula is C18H18FN3O2. The van der Waals surface area contributed by atoms with Crippen molar-refractivity contribution < 1.29 is 13.9 Å². The first-order valence-electron chi connectivity index (χ1n) is 7.60. The molecule has 124 valence electrons. The largest absolute Gasteiger partial charge is 0.480 e. The van der Waals surface area contributed by atoms with Crippen LogP contribution in [0.4, 0.5) is 4.39 Å². The maximum atomic E-state index is 14.1. The molecule has 5 nitrogen and oxygen atoms in total. The second kappa shape index (κ2) is 6.70. The molecule has 1 aromatic carbocycles. The van der Waals surface area contributed by atoms with E-state index in [0.717, 1.165) is 0 Å². The highest BCUT2D eigenvalue weighted by molar-refractivity contribution is 5.38. The number of methoxy groups -OCH3 is 1. The predicted molar refractivity (Wildman–Crippen MR) is 88.5 cm³/mol. The Bertz CT molecular complexity index is 846. The molecule has 0 saturated heterocycles. The molecule has 3 aromatic rings. The second-order valence-electron chi connectivity index (χ2n) is 5.59. The number of ether oxygens (including phenoxy) is 2. The average molecular weight is 327 g/mol. The van der Waals surface area contributed by atoms with Gasteiger partial charge in [0.1, 0.15) is 17.3 Å². The first-order valence-corrected chi connectivity index (χ1v) is 7.60. The summed E-state index contributed by atoms with van der Waals surface area (Å²) < 4.78 is 26.4. The molecule has 0 saturated carbocycles. The van der Waals surface area contributed by atoms with Crippen molar-refractivity contribution in [1.29, 1.82) is 0 Å². The van der Waals surface area contributed by atoms with Crippen molar-refractivity contribution in [3.63, 3.8) is 0 Å².